The van der Waals surface area contributed by atoms with Crippen molar-refractivity contribution in [1.82, 2.24) is 0 Å². The van der Waals surface area contributed by atoms with Gasteiger partial charge in [0.25, 0.3) is 0 Å². The summed E-state index contributed by atoms with van der Waals surface area (Å²) >= 11 is 1.69. The highest BCUT2D eigenvalue weighted by atomic mass is 127. The van der Waals surface area contributed by atoms with Gasteiger partial charge in [0.2, 0.25) is 5.91 Å². The molecule has 1 heterocycles. The third kappa shape index (κ3) is 2.86. The molecule has 1 atom stereocenters. The van der Waals surface area contributed by atoms with E-state index in [-0.39, 0.29) is 3.57 Å². The van der Waals surface area contributed by atoms with Crippen LogP contribution in [0.1, 0.15) is 6.42 Å². The molecule has 1 aromatic rings. The minimum Gasteiger partial charge on any atom is -0.306 e. The number of carbonyl (C=O) groups is 1. The van der Waals surface area contributed by atoms with Gasteiger partial charge < -0.3 is 4.90 Å². The third-order valence-corrected chi connectivity index (χ3v) is 4.47. The lowest BCUT2D eigenvalue weighted by atomic mass is 10.2. The summed E-state index contributed by atoms with van der Waals surface area (Å²) in [7, 11) is -4.92. The van der Waals surface area contributed by atoms with E-state index < -0.39 is 51.7 Å². The minimum atomic E-state index is -4.92. The molecule has 0 bridgehead atoms. The second-order valence-corrected chi connectivity index (χ2v) is 6.89. The fourth-order valence-corrected chi connectivity index (χ4v) is 3.09. The Kier molecular flexibility index (Phi) is 3.78. The summed E-state index contributed by atoms with van der Waals surface area (Å²) in [5, 5.41) is -1.59. The molecule has 1 aliphatic rings. The minimum absolute atomic E-state index is 0.289. The summed E-state index contributed by atoms with van der Waals surface area (Å²) in [5.41, 5.74) is -0.642. The van der Waals surface area contributed by atoms with Crippen LogP contribution in [0.3, 0.4) is 0 Å². The molecule has 4 nitrogen and oxygen atoms in total. The highest BCUT2D eigenvalue weighted by Gasteiger charge is 2.40. The molecule has 0 spiro atoms. The van der Waals surface area contributed by atoms with Crippen LogP contribution in [0.4, 0.5) is 18.4 Å². The Morgan fingerprint density at radius 3 is 2.21 bits per heavy atom. The van der Waals surface area contributed by atoms with Crippen molar-refractivity contribution in [3.63, 3.8) is 0 Å². The van der Waals surface area contributed by atoms with E-state index in [2.05, 4.69) is 0 Å². The summed E-state index contributed by atoms with van der Waals surface area (Å²) in [5.74, 6) is -2.81. The van der Waals surface area contributed by atoms with Gasteiger partial charge in [0.15, 0.2) is 11.6 Å². The molecule has 0 aromatic heterocycles. The zero-order valence-corrected chi connectivity index (χ0v) is 12.2. The molecule has 1 saturated heterocycles. The van der Waals surface area contributed by atoms with Gasteiger partial charge >= 0.3 is 10.2 Å². The summed E-state index contributed by atoms with van der Waals surface area (Å²) in [6.07, 6.45) is -0.621. The Labute approximate surface area is 120 Å². The molecular weight excluding hydrogens is 398 g/mol. The van der Waals surface area contributed by atoms with Gasteiger partial charge in [0.1, 0.15) is 10.9 Å². The largest absolute Gasteiger partial charge is 0.307 e. The van der Waals surface area contributed by atoms with Crippen LogP contribution in [0.15, 0.2) is 12.1 Å². The first-order valence-electron chi connectivity index (χ1n) is 5.08. The van der Waals surface area contributed by atoms with Gasteiger partial charge in [0, 0.05) is 16.5 Å². The van der Waals surface area contributed by atoms with Crippen LogP contribution in [-0.4, -0.2) is 26.1 Å². The number of hydrogen-bond acceptors (Lipinski definition) is 3. The number of rotatable bonds is 2. The van der Waals surface area contributed by atoms with Crippen LogP contribution >= 0.6 is 22.6 Å². The number of benzene rings is 1. The Balaban J connectivity index is 2.42. The molecule has 0 N–H and O–H groups in total. The molecule has 1 fully saturated rings. The average Bonchev–Trinajstić information content (AvgIpc) is 2.59. The Bertz CT molecular complexity index is 626. The predicted molar refractivity (Wildman–Crippen MR) is 69.9 cm³/mol. The molecule has 9 heteroatoms. The monoisotopic (exact) mass is 405 g/mol. The van der Waals surface area contributed by atoms with Crippen molar-refractivity contribution in [1.29, 1.82) is 0 Å². The van der Waals surface area contributed by atoms with Crippen LogP contribution in [-0.2, 0) is 15.0 Å². The number of hydrogen-bond donors (Lipinski definition) is 0. The van der Waals surface area contributed by atoms with Gasteiger partial charge in [-0.2, -0.15) is 8.42 Å². The maximum atomic E-state index is 13.7. The fourth-order valence-electron chi connectivity index (χ4n) is 1.87. The second-order valence-electron chi connectivity index (χ2n) is 4.02. The fraction of sp³-hybridized carbons (Fsp3) is 0.300. The quantitative estimate of drug-likeness (QED) is 0.559. The number of nitrogens with zero attached hydrogens (tertiary/aromatic N) is 1. The van der Waals surface area contributed by atoms with E-state index in [0.717, 1.165) is 12.1 Å². The normalized spacial score (nSPS) is 20.1. The molecule has 0 saturated carbocycles. The number of carbonyl (C=O) groups excluding carboxylic acids is 1. The van der Waals surface area contributed by atoms with Crippen molar-refractivity contribution in [3.05, 3.63) is 27.3 Å². The van der Waals surface area contributed by atoms with E-state index in [9.17, 15) is 25.9 Å². The average molecular weight is 405 g/mol. The molecule has 0 aliphatic carbocycles. The summed E-state index contributed by atoms with van der Waals surface area (Å²) in [6.45, 7) is -0.591. The van der Waals surface area contributed by atoms with Crippen molar-refractivity contribution < 1.29 is 25.9 Å². The molecule has 104 valence electrons. The zero-order valence-electron chi connectivity index (χ0n) is 9.24. The first-order valence-corrected chi connectivity index (χ1v) is 7.61. The van der Waals surface area contributed by atoms with Gasteiger partial charge in [-0.25, -0.2) is 8.78 Å². The van der Waals surface area contributed by atoms with Crippen LogP contribution in [0.5, 0.6) is 0 Å². The molecule has 1 unspecified atom stereocenters. The van der Waals surface area contributed by atoms with E-state index in [1.165, 1.54) is 0 Å². The van der Waals surface area contributed by atoms with E-state index in [1.54, 1.807) is 22.6 Å². The van der Waals surface area contributed by atoms with E-state index in [4.69, 9.17) is 0 Å². The van der Waals surface area contributed by atoms with Gasteiger partial charge in [-0.15, -0.1) is 3.89 Å². The van der Waals surface area contributed by atoms with Gasteiger partial charge in [-0.05, 0) is 34.7 Å². The Morgan fingerprint density at radius 2 is 1.79 bits per heavy atom. The van der Waals surface area contributed by atoms with Crippen molar-refractivity contribution in [3.8, 4) is 0 Å². The molecular formula is C10H7F3INO3S. The molecule has 1 aliphatic heterocycles. The lowest BCUT2D eigenvalue weighted by Crippen LogP contribution is -2.28. The first-order chi connectivity index (χ1) is 8.70. The van der Waals surface area contributed by atoms with Gasteiger partial charge in [-0.1, -0.05) is 0 Å². The number of anilines is 1. The van der Waals surface area contributed by atoms with Crippen LogP contribution in [0.2, 0.25) is 0 Å². The summed E-state index contributed by atoms with van der Waals surface area (Å²) in [4.78, 5) is 12.2. The SMILES string of the molecule is O=C1CC(S(=O)(=O)F)CN1c1c(F)cc(I)cc1F. The van der Waals surface area contributed by atoms with Gasteiger partial charge in [-0.3, -0.25) is 4.79 Å². The predicted octanol–water partition coefficient (Wildman–Crippen LogP) is 1.97. The van der Waals surface area contributed by atoms with E-state index in [1.807, 2.05) is 0 Å². The standard InChI is InChI=1S/C10H7F3INO3S/c11-7-1-5(14)2-8(12)10(7)15-4-6(3-9(15)16)19(13,17)18/h1-2,6H,3-4H2. The number of amides is 1. The first kappa shape index (κ1) is 14.6. The topological polar surface area (TPSA) is 54.5 Å². The highest BCUT2D eigenvalue weighted by Crippen LogP contribution is 2.31. The van der Waals surface area contributed by atoms with Crippen molar-refractivity contribution in [2.24, 2.45) is 0 Å². The second kappa shape index (κ2) is 4.93. The highest BCUT2D eigenvalue weighted by molar-refractivity contribution is 14.1. The zero-order chi connectivity index (χ0) is 14.4. The summed E-state index contributed by atoms with van der Waals surface area (Å²) in [6, 6.07) is 2.01. The van der Waals surface area contributed by atoms with Crippen LogP contribution in [0.25, 0.3) is 0 Å². The number of halogens is 4. The lowest BCUT2D eigenvalue weighted by Gasteiger charge is -2.17. The smallest absolute Gasteiger partial charge is 0.306 e. The van der Waals surface area contributed by atoms with Crippen LogP contribution < -0.4 is 4.90 Å². The Morgan fingerprint density at radius 1 is 1.26 bits per heavy atom. The van der Waals surface area contributed by atoms with E-state index >= 15 is 0 Å². The Hall–Kier alpha value is -0.840. The molecule has 19 heavy (non-hydrogen) atoms. The van der Waals surface area contributed by atoms with Crippen LogP contribution in [0, 0.1) is 15.2 Å². The maximum absolute atomic E-state index is 13.7. The van der Waals surface area contributed by atoms with Gasteiger partial charge in [0.05, 0.1) is 0 Å². The maximum Gasteiger partial charge on any atom is 0.307 e. The molecule has 1 amide bonds. The van der Waals surface area contributed by atoms with E-state index in [0.29, 0.717) is 4.90 Å². The third-order valence-electron chi connectivity index (χ3n) is 2.74. The molecule has 2 rings (SSSR count). The summed E-state index contributed by atoms with van der Waals surface area (Å²) < 4.78 is 62.0. The van der Waals surface area contributed by atoms with Crippen molar-refractivity contribution in [2.75, 3.05) is 11.4 Å². The van der Waals surface area contributed by atoms with Crippen molar-refractivity contribution in [2.45, 2.75) is 11.7 Å². The molecule has 1 aromatic carbocycles. The lowest BCUT2D eigenvalue weighted by molar-refractivity contribution is -0.117. The molecule has 0 radical (unpaired) electrons. The van der Waals surface area contributed by atoms with Crippen molar-refractivity contribution >= 4 is 44.4 Å².